The maximum atomic E-state index is 12.5. The summed E-state index contributed by atoms with van der Waals surface area (Å²) >= 11 is 0. The van der Waals surface area contributed by atoms with Gasteiger partial charge in [-0.05, 0) is 18.4 Å². The molecule has 1 fully saturated rings. The van der Waals surface area contributed by atoms with Crippen molar-refractivity contribution in [1.82, 2.24) is 0 Å². The van der Waals surface area contributed by atoms with Crippen molar-refractivity contribution in [3.8, 4) is 0 Å². The van der Waals surface area contributed by atoms with Crippen molar-refractivity contribution in [3.63, 3.8) is 0 Å². The molecule has 1 saturated heterocycles. The first-order chi connectivity index (χ1) is 10.3. The first-order valence-electron chi connectivity index (χ1n) is 7.59. The monoisotopic (exact) mass is 280 g/mol. The van der Waals surface area contributed by atoms with Crippen LogP contribution in [0.1, 0.15) is 41.1 Å². The van der Waals surface area contributed by atoms with Crippen LogP contribution in [0.4, 0.5) is 0 Å². The molecule has 0 radical (unpaired) electrons. The minimum atomic E-state index is 0.154. The van der Waals surface area contributed by atoms with Crippen LogP contribution in [0.3, 0.4) is 0 Å². The van der Waals surface area contributed by atoms with Crippen molar-refractivity contribution in [2.75, 3.05) is 6.61 Å². The third kappa shape index (κ3) is 3.40. The first kappa shape index (κ1) is 14.0. The van der Waals surface area contributed by atoms with Gasteiger partial charge in [0.05, 0.1) is 6.10 Å². The van der Waals surface area contributed by atoms with Crippen LogP contribution in [0.5, 0.6) is 0 Å². The Morgan fingerprint density at radius 2 is 1.71 bits per heavy atom. The predicted molar refractivity (Wildman–Crippen MR) is 83.5 cm³/mol. The molecule has 1 heterocycles. The van der Waals surface area contributed by atoms with Crippen molar-refractivity contribution in [1.29, 1.82) is 0 Å². The quantitative estimate of drug-likeness (QED) is 0.766. The molecule has 2 nitrogen and oxygen atoms in total. The van der Waals surface area contributed by atoms with E-state index in [-0.39, 0.29) is 17.8 Å². The molecule has 0 amide bonds. The Kier molecular flexibility index (Phi) is 4.46. The average molecular weight is 280 g/mol. The summed E-state index contributed by atoms with van der Waals surface area (Å²) in [5.74, 6) is 0.348. The maximum Gasteiger partial charge on any atom is 0.163 e. The van der Waals surface area contributed by atoms with Gasteiger partial charge in [0.15, 0.2) is 5.78 Å². The fraction of sp³-hybridized carbons (Fsp3) is 0.316. The largest absolute Gasteiger partial charge is 0.378 e. The zero-order valence-electron chi connectivity index (χ0n) is 12.1. The molecule has 2 atom stereocenters. The fourth-order valence-corrected chi connectivity index (χ4v) is 3.03. The molecule has 1 aliphatic rings. The van der Waals surface area contributed by atoms with Crippen LogP contribution >= 0.6 is 0 Å². The second-order valence-electron chi connectivity index (χ2n) is 5.56. The number of rotatable bonds is 5. The lowest BCUT2D eigenvalue weighted by molar-refractivity contribution is 0.0758. The van der Waals surface area contributed by atoms with Gasteiger partial charge in [0.2, 0.25) is 0 Å². The molecule has 0 aromatic heterocycles. The first-order valence-corrected chi connectivity index (χ1v) is 7.59. The summed E-state index contributed by atoms with van der Waals surface area (Å²) in [5, 5.41) is 0. The Morgan fingerprint density at radius 3 is 2.33 bits per heavy atom. The Balaban J connectivity index is 1.81. The Bertz CT molecular complexity index is 571. The summed E-state index contributed by atoms with van der Waals surface area (Å²) in [6, 6.07) is 19.8. The lowest BCUT2D eigenvalue weighted by atomic mass is 9.86. The van der Waals surface area contributed by atoms with Gasteiger partial charge in [0.1, 0.15) is 0 Å². The van der Waals surface area contributed by atoms with E-state index >= 15 is 0 Å². The van der Waals surface area contributed by atoms with E-state index in [4.69, 9.17) is 4.74 Å². The number of benzene rings is 2. The van der Waals surface area contributed by atoms with Crippen LogP contribution < -0.4 is 0 Å². The summed E-state index contributed by atoms with van der Waals surface area (Å²) in [6.45, 7) is 0.813. The van der Waals surface area contributed by atoms with Gasteiger partial charge >= 0.3 is 0 Å². The van der Waals surface area contributed by atoms with E-state index in [1.807, 2.05) is 48.5 Å². The zero-order chi connectivity index (χ0) is 14.5. The van der Waals surface area contributed by atoms with E-state index in [1.165, 1.54) is 5.56 Å². The van der Waals surface area contributed by atoms with E-state index in [0.717, 1.165) is 25.0 Å². The van der Waals surface area contributed by atoms with E-state index in [0.29, 0.717) is 6.42 Å². The van der Waals surface area contributed by atoms with Gasteiger partial charge in [0.25, 0.3) is 0 Å². The number of carbonyl (C=O) groups excluding carboxylic acids is 1. The Labute approximate surface area is 125 Å². The molecular formula is C19H20O2. The van der Waals surface area contributed by atoms with Crippen molar-refractivity contribution in [2.24, 2.45) is 0 Å². The van der Waals surface area contributed by atoms with E-state index in [9.17, 15) is 4.79 Å². The number of hydrogen-bond donors (Lipinski definition) is 0. The standard InChI is InChI=1S/C19H20O2/c20-18(16-10-5-2-6-11-16)14-17(19-12-7-13-21-19)15-8-3-1-4-9-15/h1-6,8-11,17,19H,7,12-14H2. The highest BCUT2D eigenvalue weighted by atomic mass is 16.5. The fourth-order valence-electron chi connectivity index (χ4n) is 3.03. The van der Waals surface area contributed by atoms with Crippen molar-refractivity contribution < 1.29 is 9.53 Å². The number of ketones is 1. The maximum absolute atomic E-state index is 12.5. The van der Waals surface area contributed by atoms with Gasteiger partial charge in [-0.2, -0.15) is 0 Å². The predicted octanol–water partition coefficient (Wildman–Crippen LogP) is 4.22. The van der Waals surface area contributed by atoms with Gasteiger partial charge in [-0.25, -0.2) is 0 Å². The molecule has 0 N–H and O–H groups in total. The van der Waals surface area contributed by atoms with Crippen LogP contribution in [-0.2, 0) is 4.74 Å². The summed E-state index contributed by atoms with van der Waals surface area (Å²) in [6.07, 6.45) is 2.81. The summed E-state index contributed by atoms with van der Waals surface area (Å²) in [4.78, 5) is 12.5. The molecular weight excluding hydrogens is 260 g/mol. The van der Waals surface area contributed by atoms with Crippen molar-refractivity contribution >= 4 is 5.78 Å². The normalized spacial score (nSPS) is 19.3. The third-order valence-electron chi connectivity index (χ3n) is 4.14. The van der Waals surface area contributed by atoms with Gasteiger partial charge in [0, 0.05) is 24.5 Å². The summed E-state index contributed by atoms with van der Waals surface area (Å²) in [5.41, 5.74) is 1.99. The van der Waals surface area contributed by atoms with Gasteiger partial charge in [-0.3, -0.25) is 4.79 Å². The molecule has 2 unspecified atom stereocenters. The Morgan fingerprint density at radius 1 is 1.05 bits per heavy atom. The molecule has 0 spiro atoms. The average Bonchev–Trinajstić information content (AvgIpc) is 3.08. The molecule has 0 aliphatic carbocycles. The van der Waals surface area contributed by atoms with E-state index < -0.39 is 0 Å². The number of Topliss-reactive ketones (excluding diaryl/α,β-unsaturated/α-hetero) is 1. The smallest absolute Gasteiger partial charge is 0.163 e. The SMILES string of the molecule is O=C(CC(c1ccccc1)C1CCCO1)c1ccccc1. The number of carbonyl (C=O) groups is 1. The lowest BCUT2D eigenvalue weighted by Gasteiger charge is -2.23. The minimum absolute atomic E-state index is 0.154. The van der Waals surface area contributed by atoms with Crippen LogP contribution in [0, 0.1) is 0 Å². The highest BCUT2D eigenvalue weighted by Gasteiger charge is 2.29. The molecule has 3 rings (SSSR count). The third-order valence-corrected chi connectivity index (χ3v) is 4.14. The van der Waals surface area contributed by atoms with Gasteiger partial charge in [-0.15, -0.1) is 0 Å². The topological polar surface area (TPSA) is 26.3 Å². The second-order valence-corrected chi connectivity index (χ2v) is 5.56. The molecule has 2 aromatic carbocycles. The Hall–Kier alpha value is -1.93. The molecule has 0 saturated carbocycles. The van der Waals surface area contributed by atoms with Crippen molar-refractivity contribution in [3.05, 3.63) is 71.8 Å². The highest BCUT2D eigenvalue weighted by molar-refractivity contribution is 5.96. The van der Waals surface area contributed by atoms with Crippen molar-refractivity contribution in [2.45, 2.75) is 31.3 Å². The zero-order valence-corrected chi connectivity index (χ0v) is 12.1. The van der Waals surface area contributed by atoms with Crippen LogP contribution in [-0.4, -0.2) is 18.5 Å². The van der Waals surface area contributed by atoms with Crippen LogP contribution in [0.2, 0.25) is 0 Å². The molecule has 0 bridgehead atoms. The molecule has 2 heteroatoms. The summed E-state index contributed by atoms with van der Waals surface area (Å²) in [7, 11) is 0. The van der Waals surface area contributed by atoms with E-state index in [2.05, 4.69) is 12.1 Å². The highest BCUT2D eigenvalue weighted by Crippen LogP contribution is 2.32. The number of ether oxygens (including phenoxy) is 1. The van der Waals surface area contributed by atoms with E-state index in [1.54, 1.807) is 0 Å². The van der Waals surface area contributed by atoms with Crippen LogP contribution in [0.15, 0.2) is 60.7 Å². The molecule has 2 aromatic rings. The number of hydrogen-bond acceptors (Lipinski definition) is 2. The van der Waals surface area contributed by atoms with Crippen LogP contribution in [0.25, 0.3) is 0 Å². The lowest BCUT2D eigenvalue weighted by Crippen LogP contribution is -2.21. The van der Waals surface area contributed by atoms with Gasteiger partial charge < -0.3 is 4.74 Å². The summed E-state index contributed by atoms with van der Waals surface area (Å²) < 4.78 is 5.85. The molecule has 108 valence electrons. The molecule has 21 heavy (non-hydrogen) atoms. The minimum Gasteiger partial charge on any atom is -0.378 e. The molecule has 1 aliphatic heterocycles. The second kappa shape index (κ2) is 6.68. The van der Waals surface area contributed by atoms with Gasteiger partial charge in [-0.1, -0.05) is 60.7 Å².